The van der Waals surface area contributed by atoms with Crippen molar-refractivity contribution in [3.8, 4) is 6.07 Å². The Morgan fingerprint density at radius 1 is 1.56 bits per heavy atom. The van der Waals surface area contributed by atoms with E-state index in [0.717, 1.165) is 5.75 Å². The molecule has 0 aromatic carbocycles. The molecule has 1 spiro atoms. The molecule has 0 saturated carbocycles. The molecule has 98 valence electrons. The van der Waals surface area contributed by atoms with Crippen LogP contribution in [-0.4, -0.2) is 40.4 Å². The summed E-state index contributed by atoms with van der Waals surface area (Å²) in [4.78, 5) is 25.4. The monoisotopic (exact) mass is 267 g/mol. The molecule has 2 rings (SSSR count). The summed E-state index contributed by atoms with van der Waals surface area (Å²) in [6.07, 6.45) is 1.21. The lowest BCUT2D eigenvalue weighted by atomic mass is 9.91. The Hall–Kier alpha value is -1.22. The largest absolute Gasteiger partial charge is 0.325 e. The lowest BCUT2D eigenvalue weighted by Crippen LogP contribution is -2.47. The Kier molecular flexibility index (Phi) is 3.28. The topological polar surface area (TPSA) is 73.2 Å². The van der Waals surface area contributed by atoms with Crippen molar-refractivity contribution in [2.45, 2.75) is 32.2 Å². The van der Waals surface area contributed by atoms with Gasteiger partial charge in [0.2, 0.25) is 0 Å². The maximum Gasteiger partial charge on any atom is 0.325 e. The van der Waals surface area contributed by atoms with Crippen LogP contribution in [0.4, 0.5) is 4.79 Å². The van der Waals surface area contributed by atoms with Crippen LogP contribution >= 0.6 is 11.8 Å². The zero-order valence-corrected chi connectivity index (χ0v) is 11.5. The van der Waals surface area contributed by atoms with Crippen LogP contribution < -0.4 is 5.32 Å². The van der Waals surface area contributed by atoms with Crippen LogP contribution in [-0.2, 0) is 4.79 Å². The Labute approximate surface area is 111 Å². The van der Waals surface area contributed by atoms with Gasteiger partial charge in [-0.1, -0.05) is 0 Å². The molecule has 0 aromatic rings. The third kappa shape index (κ3) is 2.19. The molecule has 6 heteroatoms. The second kappa shape index (κ2) is 4.47. The van der Waals surface area contributed by atoms with Crippen LogP contribution in [0.15, 0.2) is 0 Å². The van der Waals surface area contributed by atoms with E-state index in [2.05, 4.69) is 11.4 Å². The highest BCUT2D eigenvalue weighted by Gasteiger charge is 2.52. The number of urea groups is 1. The van der Waals surface area contributed by atoms with Gasteiger partial charge >= 0.3 is 6.03 Å². The van der Waals surface area contributed by atoms with Gasteiger partial charge < -0.3 is 5.32 Å². The third-order valence-corrected chi connectivity index (χ3v) is 4.72. The maximum atomic E-state index is 12.3. The zero-order valence-electron chi connectivity index (χ0n) is 10.7. The average molecular weight is 267 g/mol. The summed E-state index contributed by atoms with van der Waals surface area (Å²) in [7, 11) is 0. The lowest BCUT2D eigenvalue weighted by molar-refractivity contribution is -0.130. The minimum Gasteiger partial charge on any atom is -0.322 e. The minimum atomic E-state index is -0.668. The molecule has 0 aromatic heterocycles. The summed E-state index contributed by atoms with van der Waals surface area (Å²) >= 11 is 1.69. The van der Waals surface area contributed by atoms with Crippen molar-refractivity contribution in [2.24, 2.45) is 5.41 Å². The summed E-state index contributed by atoms with van der Waals surface area (Å²) in [5.74, 6) is 1.45. The summed E-state index contributed by atoms with van der Waals surface area (Å²) < 4.78 is 0. The fraction of sp³-hybridized carbons (Fsp3) is 0.750. The number of imide groups is 1. The predicted molar refractivity (Wildman–Crippen MR) is 68.9 cm³/mol. The Bertz CT molecular complexity index is 422. The summed E-state index contributed by atoms with van der Waals surface area (Å²) in [5, 5.41) is 11.8. The highest BCUT2D eigenvalue weighted by molar-refractivity contribution is 7.99. The molecule has 2 fully saturated rings. The normalized spacial score (nSPS) is 27.7. The molecule has 0 bridgehead atoms. The molecule has 2 saturated heterocycles. The number of nitriles is 1. The first-order chi connectivity index (χ1) is 8.40. The number of rotatable bonds is 3. The van der Waals surface area contributed by atoms with Gasteiger partial charge in [0.1, 0.15) is 5.54 Å². The van der Waals surface area contributed by atoms with Crippen molar-refractivity contribution in [1.29, 1.82) is 5.26 Å². The molecule has 5 nitrogen and oxygen atoms in total. The number of thioether (sulfide) groups is 1. The van der Waals surface area contributed by atoms with Gasteiger partial charge in [0.25, 0.3) is 5.91 Å². The predicted octanol–water partition coefficient (Wildman–Crippen LogP) is 1.35. The summed E-state index contributed by atoms with van der Waals surface area (Å²) in [6.45, 7) is 3.94. The van der Waals surface area contributed by atoms with Crippen LogP contribution in [0.5, 0.6) is 0 Å². The van der Waals surface area contributed by atoms with E-state index < -0.39 is 11.0 Å². The Balaban J connectivity index is 2.04. The van der Waals surface area contributed by atoms with Crippen molar-refractivity contribution in [3.63, 3.8) is 0 Å². The van der Waals surface area contributed by atoms with Crippen LogP contribution in [0, 0.1) is 16.7 Å². The molecule has 0 aliphatic carbocycles. The first-order valence-corrected chi connectivity index (χ1v) is 7.19. The van der Waals surface area contributed by atoms with Gasteiger partial charge in [-0.3, -0.25) is 9.69 Å². The van der Waals surface area contributed by atoms with Crippen molar-refractivity contribution in [3.05, 3.63) is 0 Å². The van der Waals surface area contributed by atoms with Gasteiger partial charge in [-0.2, -0.15) is 17.0 Å². The first kappa shape index (κ1) is 13.2. The van der Waals surface area contributed by atoms with Crippen molar-refractivity contribution < 1.29 is 9.59 Å². The number of nitrogens with one attached hydrogen (secondary N) is 1. The second-order valence-electron chi connectivity index (χ2n) is 5.52. The molecular weight excluding hydrogens is 250 g/mol. The molecule has 18 heavy (non-hydrogen) atoms. The van der Waals surface area contributed by atoms with Gasteiger partial charge in [0.15, 0.2) is 0 Å². The Morgan fingerprint density at radius 2 is 2.28 bits per heavy atom. The lowest BCUT2D eigenvalue weighted by Gasteiger charge is -2.21. The van der Waals surface area contributed by atoms with E-state index in [0.29, 0.717) is 25.1 Å². The van der Waals surface area contributed by atoms with Gasteiger partial charge in [-0.25, -0.2) is 4.79 Å². The molecule has 2 aliphatic rings. The third-order valence-electron chi connectivity index (χ3n) is 3.53. The van der Waals surface area contributed by atoms with Crippen molar-refractivity contribution in [1.82, 2.24) is 10.2 Å². The quantitative estimate of drug-likeness (QED) is 0.783. The molecular formula is C12H17N3O2S. The average Bonchev–Trinajstić information content (AvgIpc) is 2.86. The molecule has 1 unspecified atom stereocenters. The summed E-state index contributed by atoms with van der Waals surface area (Å²) in [6, 6.07) is 1.87. The fourth-order valence-corrected chi connectivity index (χ4v) is 3.48. The van der Waals surface area contributed by atoms with Crippen LogP contribution in [0.2, 0.25) is 0 Å². The Morgan fingerprint density at radius 3 is 2.83 bits per heavy atom. The number of hydrogen-bond donors (Lipinski definition) is 1. The maximum absolute atomic E-state index is 12.3. The van der Waals surface area contributed by atoms with E-state index in [9.17, 15) is 9.59 Å². The molecule has 0 radical (unpaired) electrons. The van der Waals surface area contributed by atoms with E-state index in [4.69, 9.17) is 5.26 Å². The second-order valence-corrected chi connectivity index (χ2v) is 6.62. The van der Waals surface area contributed by atoms with E-state index in [1.54, 1.807) is 11.8 Å². The van der Waals surface area contributed by atoms with Gasteiger partial charge in [0, 0.05) is 12.3 Å². The van der Waals surface area contributed by atoms with Crippen molar-refractivity contribution >= 4 is 23.7 Å². The zero-order chi connectivity index (χ0) is 13.4. The molecule has 2 aliphatic heterocycles. The number of nitrogens with zero attached hydrogens (tertiary/aromatic N) is 2. The number of hydrogen-bond acceptors (Lipinski definition) is 4. The molecule has 2 heterocycles. The van der Waals surface area contributed by atoms with Gasteiger partial charge in [-0.05, 0) is 32.4 Å². The molecule has 1 atom stereocenters. The number of amides is 3. The molecule has 1 N–H and O–H groups in total. The number of carbonyl (C=O) groups is 2. The molecule has 3 amide bonds. The van der Waals surface area contributed by atoms with E-state index in [1.165, 1.54) is 4.90 Å². The van der Waals surface area contributed by atoms with Gasteiger partial charge in [0.05, 0.1) is 11.5 Å². The highest BCUT2D eigenvalue weighted by Crippen LogP contribution is 2.34. The van der Waals surface area contributed by atoms with Crippen LogP contribution in [0.3, 0.4) is 0 Å². The van der Waals surface area contributed by atoms with E-state index in [1.807, 2.05) is 13.8 Å². The standard InChI is InChI=1S/C12H17N3O2S/c1-11(2,7-13)3-5-15-9(16)12(14-10(15)17)4-6-18-8-12/h3-6,8H2,1-2H3,(H,14,17). The van der Waals surface area contributed by atoms with Crippen LogP contribution in [0.25, 0.3) is 0 Å². The minimum absolute atomic E-state index is 0.119. The van der Waals surface area contributed by atoms with E-state index in [-0.39, 0.29) is 11.9 Å². The fourth-order valence-electron chi connectivity index (χ4n) is 2.16. The smallest absolute Gasteiger partial charge is 0.322 e. The highest BCUT2D eigenvalue weighted by atomic mass is 32.2. The summed E-state index contributed by atoms with van der Waals surface area (Å²) in [5.41, 5.74) is -1.18. The van der Waals surface area contributed by atoms with E-state index >= 15 is 0 Å². The first-order valence-electron chi connectivity index (χ1n) is 6.03. The van der Waals surface area contributed by atoms with Gasteiger partial charge in [-0.15, -0.1) is 0 Å². The SMILES string of the molecule is CC(C)(C#N)CCN1C(=O)NC2(CCSC2)C1=O. The van der Waals surface area contributed by atoms with Crippen LogP contribution in [0.1, 0.15) is 26.7 Å². The number of carbonyl (C=O) groups excluding carboxylic acids is 2. The van der Waals surface area contributed by atoms with Crippen molar-refractivity contribution in [2.75, 3.05) is 18.1 Å².